The first-order chi connectivity index (χ1) is 8.63. The third kappa shape index (κ3) is 2.78. The molecule has 10 heteroatoms. The normalized spacial score (nSPS) is 13.4. The maximum atomic E-state index is 13.2. The van der Waals surface area contributed by atoms with E-state index in [1.54, 1.807) is 0 Å². The zero-order valence-electron chi connectivity index (χ0n) is 9.35. The molecular formula is C9H8F5NO3S. The van der Waals surface area contributed by atoms with Crippen molar-refractivity contribution in [3.05, 3.63) is 29.1 Å². The highest BCUT2D eigenvalue weighted by atomic mass is 32.2. The van der Waals surface area contributed by atoms with E-state index in [1.165, 1.54) is 4.72 Å². The highest BCUT2D eigenvalue weighted by Gasteiger charge is 2.30. The Morgan fingerprint density at radius 2 is 1.37 bits per heavy atom. The number of hydrogen-bond acceptors (Lipinski definition) is 3. The van der Waals surface area contributed by atoms with Gasteiger partial charge in [0, 0.05) is 0 Å². The number of rotatable bonds is 4. The molecule has 1 rings (SSSR count). The second-order valence-electron chi connectivity index (χ2n) is 3.59. The number of nitrogens with one attached hydrogen (secondary N) is 1. The van der Waals surface area contributed by atoms with Crippen LogP contribution in [-0.2, 0) is 10.0 Å². The molecule has 0 aliphatic carbocycles. The van der Waals surface area contributed by atoms with Crippen LogP contribution in [0.2, 0.25) is 0 Å². The number of aliphatic hydroxyl groups is 1. The Hall–Kier alpha value is -1.42. The second-order valence-corrected chi connectivity index (χ2v) is 5.68. The summed E-state index contributed by atoms with van der Waals surface area (Å²) in [5.41, 5.74) is -1.68. The summed E-state index contributed by atoms with van der Waals surface area (Å²) >= 11 is 0. The van der Waals surface area contributed by atoms with E-state index < -0.39 is 56.7 Å². The largest absolute Gasteiger partial charge is 0.395 e. The van der Waals surface area contributed by atoms with E-state index >= 15 is 0 Å². The fourth-order valence-corrected chi connectivity index (χ4v) is 1.90. The average molecular weight is 305 g/mol. The zero-order chi connectivity index (χ0) is 15.0. The Morgan fingerprint density at radius 3 is 1.74 bits per heavy atom. The molecule has 0 heterocycles. The summed E-state index contributed by atoms with van der Waals surface area (Å²) in [6.45, 7) is 0.0825. The number of halogens is 5. The van der Waals surface area contributed by atoms with Crippen molar-refractivity contribution < 1.29 is 35.5 Å². The third-order valence-electron chi connectivity index (χ3n) is 2.24. The molecule has 1 unspecified atom stereocenters. The smallest absolute Gasteiger partial charge is 0.237 e. The summed E-state index contributed by atoms with van der Waals surface area (Å²) < 4.78 is 88.8. The SMILES string of the molecule is CC(CO)S(=O)(=O)Nc1c(F)c(F)c(F)c(F)c1F. The van der Waals surface area contributed by atoms with Crippen molar-refractivity contribution >= 4 is 15.7 Å². The summed E-state index contributed by atoms with van der Waals surface area (Å²) in [4.78, 5) is 0. The molecule has 0 spiro atoms. The van der Waals surface area contributed by atoms with Gasteiger partial charge in [0.05, 0.1) is 6.61 Å². The fourth-order valence-electron chi connectivity index (χ4n) is 1.04. The van der Waals surface area contributed by atoms with Gasteiger partial charge in [-0.3, -0.25) is 4.72 Å². The first kappa shape index (κ1) is 15.6. The maximum absolute atomic E-state index is 13.2. The number of sulfonamides is 1. The lowest BCUT2D eigenvalue weighted by atomic mass is 10.2. The first-order valence-electron chi connectivity index (χ1n) is 4.77. The maximum Gasteiger partial charge on any atom is 0.237 e. The van der Waals surface area contributed by atoms with Crippen LogP contribution in [0.1, 0.15) is 6.92 Å². The van der Waals surface area contributed by atoms with E-state index in [1.807, 2.05) is 0 Å². The van der Waals surface area contributed by atoms with Crippen LogP contribution in [-0.4, -0.2) is 25.4 Å². The van der Waals surface area contributed by atoms with Crippen LogP contribution in [0.5, 0.6) is 0 Å². The van der Waals surface area contributed by atoms with Crippen LogP contribution in [0.3, 0.4) is 0 Å². The highest BCUT2D eigenvalue weighted by Crippen LogP contribution is 2.28. The molecule has 0 aromatic heterocycles. The van der Waals surface area contributed by atoms with Crippen LogP contribution in [0.15, 0.2) is 0 Å². The summed E-state index contributed by atoms with van der Waals surface area (Å²) in [7, 11) is -4.49. The van der Waals surface area contributed by atoms with Gasteiger partial charge in [-0.1, -0.05) is 0 Å². The van der Waals surface area contributed by atoms with Gasteiger partial charge in [0.2, 0.25) is 15.8 Å². The van der Waals surface area contributed by atoms with Crippen molar-refractivity contribution in [3.63, 3.8) is 0 Å². The molecule has 0 saturated heterocycles. The molecule has 1 aromatic carbocycles. The Kier molecular flexibility index (Phi) is 4.35. The van der Waals surface area contributed by atoms with Crippen molar-refractivity contribution in [2.24, 2.45) is 0 Å². The van der Waals surface area contributed by atoms with Crippen molar-refractivity contribution in [2.45, 2.75) is 12.2 Å². The Bertz CT molecular complexity index is 575. The van der Waals surface area contributed by atoms with Crippen LogP contribution in [0, 0.1) is 29.1 Å². The number of hydrogen-bond donors (Lipinski definition) is 2. The lowest BCUT2D eigenvalue weighted by molar-refractivity contribution is 0.296. The van der Waals surface area contributed by atoms with Crippen LogP contribution < -0.4 is 4.72 Å². The Balaban J connectivity index is 3.39. The van der Waals surface area contributed by atoms with Crippen molar-refractivity contribution in [1.82, 2.24) is 0 Å². The molecule has 19 heavy (non-hydrogen) atoms. The molecule has 0 aliphatic rings. The van der Waals surface area contributed by atoms with Crippen LogP contribution in [0.4, 0.5) is 27.6 Å². The third-order valence-corrected chi connectivity index (χ3v) is 3.94. The number of benzene rings is 1. The molecular weight excluding hydrogens is 297 g/mol. The first-order valence-corrected chi connectivity index (χ1v) is 6.32. The van der Waals surface area contributed by atoms with Gasteiger partial charge >= 0.3 is 0 Å². The Labute approximate surface area is 104 Å². The van der Waals surface area contributed by atoms with E-state index in [-0.39, 0.29) is 0 Å². The standard InChI is InChI=1S/C9H8F5NO3S/c1-3(2-16)19(17,18)15-9-7(13)5(11)4(10)6(12)8(9)14/h3,15-16H,2H2,1H3. The van der Waals surface area contributed by atoms with E-state index in [0.29, 0.717) is 0 Å². The van der Waals surface area contributed by atoms with E-state index in [2.05, 4.69) is 0 Å². The summed E-state index contributed by atoms with van der Waals surface area (Å²) in [6.07, 6.45) is 0. The van der Waals surface area contributed by atoms with Gasteiger partial charge in [0.15, 0.2) is 23.3 Å². The van der Waals surface area contributed by atoms with E-state index in [4.69, 9.17) is 5.11 Å². The zero-order valence-corrected chi connectivity index (χ0v) is 10.2. The van der Waals surface area contributed by atoms with Crippen LogP contribution in [0.25, 0.3) is 0 Å². The molecule has 0 amide bonds. The predicted molar refractivity (Wildman–Crippen MR) is 55.3 cm³/mol. The molecule has 1 aromatic rings. The fraction of sp³-hybridized carbons (Fsp3) is 0.333. The molecule has 0 fully saturated rings. The molecule has 0 bridgehead atoms. The quantitative estimate of drug-likeness (QED) is 0.503. The van der Waals surface area contributed by atoms with E-state index in [0.717, 1.165) is 6.92 Å². The van der Waals surface area contributed by atoms with Gasteiger partial charge < -0.3 is 5.11 Å². The topological polar surface area (TPSA) is 66.4 Å². The molecule has 2 N–H and O–H groups in total. The van der Waals surface area contributed by atoms with Crippen molar-refractivity contribution in [3.8, 4) is 0 Å². The summed E-state index contributed by atoms with van der Waals surface area (Å²) in [5.74, 6) is -11.5. The number of aliphatic hydroxyl groups excluding tert-OH is 1. The van der Waals surface area contributed by atoms with E-state index in [9.17, 15) is 30.4 Å². The highest BCUT2D eigenvalue weighted by molar-refractivity contribution is 7.93. The van der Waals surface area contributed by atoms with Gasteiger partial charge in [-0.25, -0.2) is 30.4 Å². The second kappa shape index (κ2) is 5.29. The average Bonchev–Trinajstić information content (AvgIpc) is 2.38. The molecule has 0 aliphatic heterocycles. The lowest BCUT2D eigenvalue weighted by Crippen LogP contribution is -2.29. The van der Waals surface area contributed by atoms with Crippen molar-refractivity contribution in [1.29, 1.82) is 0 Å². The van der Waals surface area contributed by atoms with Gasteiger partial charge in [0.25, 0.3) is 0 Å². The molecule has 0 saturated carbocycles. The lowest BCUT2D eigenvalue weighted by Gasteiger charge is -2.14. The molecule has 4 nitrogen and oxygen atoms in total. The van der Waals surface area contributed by atoms with Gasteiger partial charge in [-0.15, -0.1) is 0 Å². The van der Waals surface area contributed by atoms with Gasteiger partial charge in [0.1, 0.15) is 10.9 Å². The monoisotopic (exact) mass is 305 g/mol. The molecule has 0 radical (unpaired) electrons. The van der Waals surface area contributed by atoms with Crippen LogP contribution >= 0.6 is 0 Å². The summed E-state index contributed by atoms with van der Waals surface area (Å²) in [6, 6.07) is 0. The van der Waals surface area contributed by atoms with Crippen molar-refractivity contribution in [2.75, 3.05) is 11.3 Å². The molecule has 108 valence electrons. The summed E-state index contributed by atoms with van der Waals surface area (Å²) in [5, 5.41) is 7.13. The van der Waals surface area contributed by atoms with Gasteiger partial charge in [-0.05, 0) is 6.92 Å². The predicted octanol–water partition coefficient (Wildman–Crippen LogP) is 1.50. The minimum atomic E-state index is -4.49. The van der Waals surface area contributed by atoms with Gasteiger partial charge in [-0.2, -0.15) is 0 Å². The molecule has 1 atom stereocenters. The minimum Gasteiger partial charge on any atom is -0.395 e. The number of anilines is 1. The Morgan fingerprint density at radius 1 is 1.00 bits per heavy atom. The minimum absolute atomic E-state index is 0.898.